The summed E-state index contributed by atoms with van der Waals surface area (Å²) in [6.45, 7) is 2.93. The van der Waals surface area contributed by atoms with Gasteiger partial charge in [0.1, 0.15) is 43.2 Å². The zero-order chi connectivity index (χ0) is 50.0. The summed E-state index contributed by atoms with van der Waals surface area (Å²) >= 11 is 0. The third kappa shape index (κ3) is 33.8. The van der Waals surface area contributed by atoms with Gasteiger partial charge in [0.15, 0.2) is 6.10 Å². The first-order valence-electron chi connectivity index (χ1n) is 24.6. The van der Waals surface area contributed by atoms with Crippen LogP contribution in [0.1, 0.15) is 194 Å². The Morgan fingerprint density at radius 3 is 1.25 bits per heavy atom. The van der Waals surface area contributed by atoms with Gasteiger partial charge in [-0.3, -0.25) is 27.7 Å². The van der Waals surface area contributed by atoms with E-state index in [1.165, 1.54) is 64.2 Å². The van der Waals surface area contributed by atoms with Gasteiger partial charge >= 0.3 is 35.4 Å². The molecule has 0 amide bonds. The van der Waals surface area contributed by atoms with E-state index in [0.717, 1.165) is 89.9 Å². The van der Waals surface area contributed by atoms with Gasteiger partial charge in [-0.25, -0.2) is 13.7 Å². The molecule has 0 bridgehead atoms. The van der Waals surface area contributed by atoms with Gasteiger partial charge in [-0.15, -0.1) is 0 Å². The SMILES string of the molecule is CCCCCC/C=C\CCCCCCCCCC(=O)OC[C@H](COP(=O)(O)O[C@H]1C(O)C(O)C(OP(=O)(O)O)[C@@H](OP(=O)(O)O)C1O)OC(=O)CCCCCCC/C=C\CCCCCCCC. The number of ether oxygens (including phenoxy) is 2. The van der Waals surface area contributed by atoms with Gasteiger partial charge in [-0.1, -0.05) is 141 Å². The molecule has 1 aliphatic carbocycles. The molecule has 1 fully saturated rings. The lowest BCUT2D eigenvalue weighted by atomic mass is 9.85. The summed E-state index contributed by atoms with van der Waals surface area (Å²) in [5.41, 5.74) is 0. The summed E-state index contributed by atoms with van der Waals surface area (Å²) < 4.78 is 65.5. The van der Waals surface area contributed by atoms with Crippen LogP contribution in [-0.4, -0.2) is 108 Å². The maximum absolute atomic E-state index is 13.1. The molecule has 1 saturated carbocycles. The molecule has 0 saturated heterocycles. The third-order valence-corrected chi connectivity index (χ3v) is 13.3. The first-order chi connectivity index (χ1) is 31.8. The van der Waals surface area contributed by atoms with E-state index in [4.69, 9.17) is 18.5 Å². The number of phosphoric acid groups is 3. The van der Waals surface area contributed by atoms with E-state index in [1.807, 2.05) is 0 Å². The molecule has 0 spiro atoms. The summed E-state index contributed by atoms with van der Waals surface area (Å²) in [6, 6.07) is 0. The van der Waals surface area contributed by atoms with Crippen molar-refractivity contribution >= 4 is 35.4 Å². The molecule has 0 aromatic rings. The first kappa shape index (κ1) is 63.6. The van der Waals surface area contributed by atoms with Crippen LogP contribution in [0, 0.1) is 0 Å². The van der Waals surface area contributed by atoms with Crippen LogP contribution in [0.15, 0.2) is 24.3 Å². The molecule has 0 aromatic heterocycles. The predicted molar refractivity (Wildman–Crippen MR) is 252 cm³/mol. The van der Waals surface area contributed by atoms with Crippen LogP contribution < -0.4 is 0 Å². The smallest absolute Gasteiger partial charge is 0.462 e. The van der Waals surface area contributed by atoms with Crippen LogP contribution >= 0.6 is 23.5 Å². The van der Waals surface area contributed by atoms with Crippen LogP contribution in [-0.2, 0) is 50.9 Å². The normalized spacial score (nSPS) is 21.8. The minimum atomic E-state index is -5.60. The van der Waals surface area contributed by atoms with Gasteiger partial charge in [0.05, 0.1) is 6.61 Å². The largest absolute Gasteiger partial charge is 0.472 e. The number of hydrogen-bond acceptors (Lipinski definition) is 14. The van der Waals surface area contributed by atoms with Crippen LogP contribution in [0.25, 0.3) is 0 Å². The average molecular weight is 1020 g/mol. The predicted octanol–water partition coefficient (Wildman–Crippen LogP) is 9.07. The van der Waals surface area contributed by atoms with E-state index in [1.54, 1.807) is 0 Å². The van der Waals surface area contributed by atoms with Gasteiger partial charge in [0, 0.05) is 12.8 Å². The van der Waals surface area contributed by atoms with Gasteiger partial charge in [0.25, 0.3) is 0 Å². The van der Waals surface area contributed by atoms with Crippen molar-refractivity contribution in [1.29, 1.82) is 0 Å². The first-order valence-corrected chi connectivity index (χ1v) is 29.2. The Morgan fingerprint density at radius 2 is 0.821 bits per heavy atom. The fraction of sp³-hybridized carbons (Fsp3) is 0.867. The minimum absolute atomic E-state index is 0.0110. The average Bonchev–Trinajstić information content (AvgIpc) is 3.25. The van der Waals surface area contributed by atoms with Crippen molar-refractivity contribution in [2.24, 2.45) is 0 Å². The molecule has 0 aromatic carbocycles. The zero-order valence-electron chi connectivity index (χ0n) is 40.0. The number of rotatable bonds is 42. The molecule has 5 unspecified atom stereocenters. The van der Waals surface area contributed by atoms with E-state index in [9.17, 15) is 63.1 Å². The standard InChI is InChI=1S/C45H85O19P3/c1-3-5-7-9-11-13-15-17-19-21-23-25-27-29-31-33-38(46)59-35-37(61-39(47)34-32-30-28-26-24-22-20-18-16-14-12-10-8-6-4-2)36-60-67(57,58)64-43-40(48)41(49)44(62-65(51,52)53)45(42(43)50)63-66(54,55)56/h13,15,18,20,37,40-45,48-50H,3-12,14,16-17,19,21-36H2,1-2H3,(H,57,58)(H2,51,52,53)(H2,54,55,56)/b15-13-,20-18-/t37-,40?,41?,42?,43+,44?,45+/m1/s1. The van der Waals surface area contributed by atoms with Crippen molar-refractivity contribution in [3.63, 3.8) is 0 Å². The number of carbonyl (C=O) groups is 2. The third-order valence-electron chi connectivity index (χ3n) is 11.2. The number of carbonyl (C=O) groups excluding carboxylic acids is 2. The number of hydrogen-bond donors (Lipinski definition) is 8. The Morgan fingerprint density at radius 1 is 0.463 bits per heavy atom. The lowest BCUT2D eigenvalue weighted by Gasteiger charge is -2.44. The van der Waals surface area contributed by atoms with Gasteiger partial charge in [-0.2, -0.15) is 0 Å². The highest BCUT2D eigenvalue weighted by Crippen LogP contribution is 2.51. The quantitative estimate of drug-likeness (QED) is 0.0122. The number of aliphatic hydroxyl groups is 3. The number of allylic oxidation sites excluding steroid dienone is 4. The summed E-state index contributed by atoms with van der Waals surface area (Å²) in [5, 5.41) is 31.9. The van der Waals surface area contributed by atoms with E-state index in [0.29, 0.717) is 12.8 Å². The Hall–Kier alpha value is -1.37. The highest BCUT2D eigenvalue weighted by atomic mass is 31.2. The maximum atomic E-state index is 13.1. The molecule has 0 aliphatic heterocycles. The van der Waals surface area contributed by atoms with Gasteiger partial charge in [-0.05, 0) is 64.2 Å². The van der Waals surface area contributed by atoms with Crippen molar-refractivity contribution in [3.8, 4) is 0 Å². The monoisotopic (exact) mass is 1020 g/mol. The lowest BCUT2D eigenvalue weighted by Crippen LogP contribution is -2.65. The summed E-state index contributed by atoms with van der Waals surface area (Å²) in [4.78, 5) is 73.2. The number of aliphatic hydroxyl groups excluding tert-OH is 3. The molecule has 394 valence electrons. The van der Waals surface area contributed by atoms with Crippen LogP contribution in [0.2, 0.25) is 0 Å². The van der Waals surface area contributed by atoms with Crippen molar-refractivity contribution in [3.05, 3.63) is 24.3 Å². The number of unbranched alkanes of at least 4 members (excludes halogenated alkanes) is 22. The number of esters is 2. The highest BCUT2D eigenvalue weighted by molar-refractivity contribution is 7.47. The summed E-state index contributed by atoms with van der Waals surface area (Å²) in [5.74, 6) is -1.31. The van der Waals surface area contributed by atoms with E-state index < -0.39 is 91.3 Å². The molecule has 1 rings (SSSR count). The molecule has 19 nitrogen and oxygen atoms in total. The minimum Gasteiger partial charge on any atom is -0.462 e. The fourth-order valence-electron chi connectivity index (χ4n) is 7.51. The fourth-order valence-corrected chi connectivity index (χ4v) is 9.61. The van der Waals surface area contributed by atoms with Crippen molar-refractivity contribution in [2.75, 3.05) is 13.2 Å². The van der Waals surface area contributed by atoms with E-state index >= 15 is 0 Å². The molecule has 0 heterocycles. The molecule has 0 radical (unpaired) electrons. The summed E-state index contributed by atoms with van der Waals surface area (Å²) in [7, 11) is -16.6. The van der Waals surface area contributed by atoms with E-state index in [2.05, 4.69) is 47.2 Å². The van der Waals surface area contributed by atoms with Crippen LogP contribution in [0.4, 0.5) is 0 Å². The van der Waals surface area contributed by atoms with Gasteiger partial charge in [0.2, 0.25) is 0 Å². The molecule has 8 atom stereocenters. The van der Waals surface area contributed by atoms with Crippen LogP contribution in [0.5, 0.6) is 0 Å². The second kappa shape index (κ2) is 37.4. The van der Waals surface area contributed by atoms with Crippen molar-refractivity contribution < 1.29 is 90.6 Å². The van der Waals surface area contributed by atoms with Gasteiger partial charge < -0.3 is 49.3 Å². The lowest BCUT2D eigenvalue weighted by molar-refractivity contribution is -0.213. The Balaban J connectivity index is 2.72. The summed E-state index contributed by atoms with van der Waals surface area (Å²) in [6.07, 6.45) is 20.5. The topological polar surface area (TPSA) is 303 Å². The highest BCUT2D eigenvalue weighted by Gasteiger charge is 2.56. The van der Waals surface area contributed by atoms with Crippen molar-refractivity contribution in [2.45, 2.75) is 236 Å². The van der Waals surface area contributed by atoms with E-state index in [-0.39, 0.29) is 12.8 Å². The van der Waals surface area contributed by atoms with Crippen molar-refractivity contribution in [1.82, 2.24) is 0 Å². The number of phosphoric ester groups is 3. The molecular weight excluding hydrogens is 937 g/mol. The Labute approximate surface area is 398 Å². The zero-order valence-corrected chi connectivity index (χ0v) is 42.7. The Kier molecular flexibility index (Phi) is 35.5. The van der Waals surface area contributed by atoms with Crippen LogP contribution in [0.3, 0.4) is 0 Å². The maximum Gasteiger partial charge on any atom is 0.472 e. The second-order valence-electron chi connectivity index (χ2n) is 17.4. The molecule has 8 N–H and O–H groups in total. The molecule has 67 heavy (non-hydrogen) atoms. The molecule has 1 aliphatic rings. The second-order valence-corrected chi connectivity index (χ2v) is 21.2. The Bertz CT molecular complexity index is 1500. The molecule has 22 heteroatoms. The molecular formula is C45H85O19P3.